The summed E-state index contributed by atoms with van der Waals surface area (Å²) in [6, 6.07) is 12.9. The van der Waals surface area contributed by atoms with E-state index in [1.807, 2.05) is 29.6 Å². The molecule has 0 bridgehead atoms. The molecule has 1 N–H and O–H groups in total. The predicted octanol–water partition coefficient (Wildman–Crippen LogP) is 4.42. The van der Waals surface area contributed by atoms with Crippen LogP contribution in [0.15, 0.2) is 47.8 Å². The summed E-state index contributed by atoms with van der Waals surface area (Å²) in [5, 5.41) is 6.26. The number of carbonyl (C=O) groups is 1. The highest BCUT2D eigenvalue weighted by molar-refractivity contribution is 7.13. The van der Waals surface area contributed by atoms with Crippen LogP contribution in [0.4, 0.5) is 5.69 Å². The number of benzene rings is 2. The van der Waals surface area contributed by atoms with E-state index in [-0.39, 0.29) is 12.3 Å². The average Bonchev–Trinajstić information content (AvgIpc) is 3.10. The zero-order valence-electron chi connectivity index (χ0n) is 13.7. The lowest BCUT2D eigenvalue weighted by atomic mass is 10.2. The Bertz CT molecular complexity index is 957. The molecule has 0 spiro atoms. The molecule has 7 heteroatoms. The van der Waals surface area contributed by atoms with E-state index in [1.165, 1.54) is 11.3 Å². The van der Waals surface area contributed by atoms with Crippen LogP contribution < -0.4 is 14.8 Å². The first-order valence-corrected chi connectivity index (χ1v) is 9.33. The molecule has 132 valence electrons. The highest BCUT2D eigenvalue weighted by Crippen LogP contribution is 2.32. The van der Waals surface area contributed by atoms with E-state index in [2.05, 4.69) is 10.3 Å². The van der Waals surface area contributed by atoms with Crippen LogP contribution >= 0.6 is 22.9 Å². The largest absolute Gasteiger partial charge is 0.486 e. The maximum absolute atomic E-state index is 12.3. The highest BCUT2D eigenvalue weighted by Gasteiger charge is 2.14. The SMILES string of the molecule is O=C(Cc1csc(-c2cccc(Cl)c2)n1)Nc1ccc2c(c1)OCCO2. The van der Waals surface area contributed by atoms with Gasteiger partial charge in [-0.05, 0) is 24.3 Å². The van der Waals surface area contributed by atoms with Gasteiger partial charge in [0.15, 0.2) is 11.5 Å². The first-order valence-electron chi connectivity index (χ1n) is 8.07. The maximum Gasteiger partial charge on any atom is 0.230 e. The number of rotatable bonds is 4. The lowest BCUT2D eigenvalue weighted by Crippen LogP contribution is -2.17. The second-order valence-electron chi connectivity index (χ2n) is 5.74. The summed E-state index contributed by atoms with van der Waals surface area (Å²) in [6.45, 7) is 1.05. The molecular formula is C19H15ClN2O3S. The molecule has 3 aromatic rings. The summed E-state index contributed by atoms with van der Waals surface area (Å²) in [6.07, 6.45) is 0.200. The fourth-order valence-electron chi connectivity index (χ4n) is 2.63. The molecule has 0 fully saturated rings. The lowest BCUT2D eigenvalue weighted by molar-refractivity contribution is -0.115. The standard InChI is InChI=1S/C19H15ClN2O3S/c20-13-3-1-2-12(8-13)19-22-15(11-26-19)10-18(23)21-14-4-5-16-17(9-14)25-7-6-24-16/h1-5,8-9,11H,6-7,10H2,(H,21,23). The van der Waals surface area contributed by atoms with Crippen LogP contribution in [0, 0.1) is 0 Å². The summed E-state index contributed by atoms with van der Waals surface area (Å²) in [7, 11) is 0. The van der Waals surface area contributed by atoms with Crippen molar-refractivity contribution in [1.29, 1.82) is 0 Å². The molecular weight excluding hydrogens is 372 g/mol. The summed E-state index contributed by atoms with van der Waals surface area (Å²) < 4.78 is 11.0. The zero-order chi connectivity index (χ0) is 17.9. The van der Waals surface area contributed by atoms with Crippen molar-refractivity contribution in [3.05, 3.63) is 58.6 Å². The quantitative estimate of drug-likeness (QED) is 0.721. The molecule has 0 unspecified atom stereocenters. The maximum atomic E-state index is 12.3. The molecule has 0 radical (unpaired) electrons. The van der Waals surface area contributed by atoms with Gasteiger partial charge in [-0.1, -0.05) is 23.7 Å². The third-order valence-corrected chi connectivity index (χ3v) is 4.97. The Morgan fingerprint density at radius 2 is 2.00 bits per heavy atom. The Morgan fingerprint density at radius 1 is 1.15 bits per heavy atom. The van der Waals surface area contributed by atoms with Gasteiger partial charge >= 0.3 is 0 Å². The van der Waals surface area contributed by atoms with E-state index in [0.29, 0.717) is 35.4 Å². The van der Waals surface area contributed by atoms with Gasteiger partial charge in [-0.15, -0.1) is 11.3 Å². The van der Waals surface area contributed by atoms with Crippen LogP contribution in [0.5, 0.6) is 11.5 Å². The van der Waals surface area contributed by atoms with Crippen LogP contribution in [0.25, 0.3) is 10.6 Å². The number of nitrogens with one attached hydrogen (secondary N) is 1. The summed E-state index contributed by atoms with van der Waals surface area (Å²) >= 11 is 7.51. The molecule has 1 aromatic heterocycles. The van der Waals surface area contributed by atoms with E-state index in [9.17, 15) is 4.79 Å². The van der Waals surface area contributed by atoms with Crippen molar-refractivity contribution in [2.45, 2.75) is 6.42 Å². The average molecular weight is 387 g/mol. The second-order valence-corrected chi connectivity index (χ2v) is 7.03. The topological polar surface area (TPSA) is 60.5 Å². The molecule has 26 heavy (non-hydrogen) atoms. The molecule has 0 atom stereocenters. The number of fused-ring (bicyclic) bond motifs is 1. The zero-order valence-corrected chi connectivity index (χ0v) is 15.3. The number of carbonyl (C=O) groups excluding carboxylic acids is 1. The third kappa shape index (κ3) is 3.81. The van der Waals surface area contributed by atoms with Crippen LogP contribution in [-0.4, -0.2) is 24.1 Å². The smallest absolute Gasteiger partial charge is 0.230 e. The molecule has 0 saturated heterocycles. The Hall–Kier alpha value is -2.57. The molecule has 1 aliphatic rings. The van der Waals surface area contributed by atoms with Crippen LogP contribution in [0.1, 0.15) is 5.69 Å². The molecule has 2 heterocycles. The summed E-state index contributed by atoms with van der Waals surface area (Å²) in [5.41, 5.74) is 2.34. The van der Waals surface area contributed by atoms with Crippen LogP contribution in [0.3, 0.4) is 0 Å². The number of hydrogen-bond donors (Lipinski definition) is 1. The fraction of sp³-hybridized carbons (Fsp3) is 0.158. The minimum absolute atomic E-state index is 0.135. The van der Waals surface area contributed by atoms with E-state index >= 15 is 0 Å². The van der Waals surface area contributed by atoms with Crippen molar-refractivity contribution in [2.75, 3.05) is 18.5 Å². The second kappa shape index (κ2) is 7.35. The Balaban J connectivity index is 1.42. The third-order valence-electron chi connectivity index (χ3n) is 3.79. The fourth-order valence-corrected chi connectivity index (χ4v) is 3.64. The molecule has 1 amide bonds. The van der Waals surface area contributed by atoms with Crippen molar-refractivity contribution < 1.29 is 14.3 Å². The van der Waals surface area contributed by atoms with Gasteiger partial charge in [0, 0.05) is 27.7 Å². The predicted molar refractivity (Wildman–Crippen MR) is 102 cm³/mol. The Morgan fingerprint density at radius 3 is 2.85 bits per heavy atom. The van der Waals surface area contributed by atoms with E-state index in [0.717, 1.165) is 16.3 Å². The van der Waals surface area contributed by atoms with Crippen LogP contribution in [-0.2, 0) is 11.2 Å². The Kier molecular flexibility index (Phi) is 4.77. The van der Waals surface area contributed by atoms with Gasteiger partial charge in [-0.25, -0.2) is 4.98 Å². The molecule has 1 aliphatic heterocycles. The van der Waals surface area contributed by atoms with Crippen molar-refractivity contribution in [2.24, 2.45) is 0 Å². The number of aromatic nitrogens is 1. The van der Waals surface area contributed by atoms with Gasteiger partial charge in [0.05, 0.1) is 12.1 Å². The number of halogens is 1. The van der Waals surface area contributed by atoms with Gasteiger partial charge in [-0.2, -0.15) is 0 Å². The molecule has 2 aromatic carbocycles. The minimum Gasteiger partial charge on any atom is -0.486 e. The van der Waals surface area contributed by atoms with Crippen LogP contribution in [0.2, 0.25) is 5.02 Å². The lowest BCUT2D eigenvalue weighted by Gasteiger charge is -2.18. The van der Waals surface area contributed by atoms with Gasteiger partial charge in [0.1, 0.15) is 18.2 Å². The van der Waals surface area contributed by atoms with Crippen molar-refractivity contribution in [3.8, 4) is 22.1 Å². The number of nitrogens with zero attached hydrogens (tertiary/aromatic N) is 1. The first kappa shape index (κ1) is 16.9. The molecule has 0 aliphatic carbocycles. The van der Waals surface area contributed by atoms with E-state index in [1.54, 1.807) is 18.2 Å². The number of ether oxygens (including phenoxy) is 2. The molecule has 0 saturated carbocycles. The normalized spacial score (nSPS) is 12.7. The van der Waals surface area contributed by atoms with E-state index < -0.39 is 0 Å². The highest BCUT2D eigenvalue weighted by atomic mass is 35.5. The summed E-state index contributed by atoms with van der Waals surface area (Å²) in [5.74, 6) is 1.20. The molecule has 4 rings (SSSR count). The van der Waals surface area contributed by atoms with Gasteiger partial charge in [0.25, 0.3) is 0 Å². The van der Waals surface area contributed by atoms with Gasteiger partial charge in [-0.3, -0.25) is 4.79 Å². The minimum atomic E-state index is -0.135. The number of anilines is 1. The van der Waals surface area contributed by atoms with Crippen molar-refractivity contribution in [1.82, 2.24) is 4.98 Å². The number of thiazole rings is 1. The van der Waals surface area contributed by atoms with E-state index in [4.69, 9.17) is 21.1 Å². The van der Waals surface area contributed by atoms with Gasteiger partial charge < -0.3 is 14.8 Å². The van der Waals surface area contributed by atoms with Gasteiger partial charge in [0.2, 0.25) is 5.91 Å². The Labute approximate surface area is 159 Å². The van der Waals surface area contributed by atoms with Crippen molar-refractivity contribution in [3.63, 3.8) is 0 Å². The van der Waals surface area contributed by atoms with Crippen molar-refractivity contribution >= 4 is 34.5 Å². The number of hydrogen-bond acceptors (Lipinski definition) is 5. The number of amides is 1. The monoisotopic (exact) mass is 386 g/mol. The summed E-state index contributed by atoms with van der Waals surface area (Å²) in [4.78, 5) is 16.8. The first-order chi connectivity index (χ1) is 12.7. The molecule has 5 nitrogen and oxygen atoms in total.